The zero-order valence-electron chi connectivity index (χ0n) is 13.1. The molecule has 2 aromatic heterocycles. The first-order valence-electron chi connectivity index (χ1n) is 7.07. The maximum absolute atomic E-state index is 12.4. The van der Waals surface area contributed by atoms with Gasteiger partial charge in [0.2, 0.25) is 0 Å². The van der Waals surface area contributed by atoms with E-state index < -0.39 is 32.7 Å². The molecule has 26 heavy (non-hydrogen) atoms. The third kappa shape index (κ3) is 2.93. The van der Waals surface area contributed by atoms with E-state index in [0.717, 1.165) is 10.5 Å². The zero-order chi connectivity index (χ0) is 19.0. The number of halogens is 1. The Morgan fingerprint density at radius 2 is 1.92 bits per heavy atom. The highest BCUT2D eigenvalue weighted by Crippen LogP contribution is 2.35. The SMILES string of the molecule is Cc1cc(Cl)c([N+](=O)[O-])cc1Oc1nc2ccccn2c(=O)c1[N+](=O)[O-]. The van der Waals surface area contributed by atoms with Gasteiger partial charge in [-0.15, -0.1) is 0 Å². The van der Waals surface area contributed by atoms with Crippen molar-refractivity contribution < 1.29 is 14.6 Å². The van der Waals surface area contributed by atoms with Gasteiger partial charge in [-0.05, 0) is 30.7 Å². The highest BCUT2D eigenvalue weighted by Gasteiger charge is 2.27. The fourth-order valence-corrected chi connectivity index (χ4v) is 2.57. The minimum absolute atomic E-state index is 0.0728. The van der Waals surface area contributed by atoms with Crippen LogP contribution in [0.5, 0.6) is 11.6 Å². The Balaban J connectivity index is 2.22. The van der Waals surface area contributed by atoms with Crippen molar-refractivity contribution in [2.24, 2.45) is 0 Å². The number of fused-ring (bicyclic) bond motifs is 1. The molecule has 0 N–H and O–H groups in total. The van der Waals surface area contributed by atoms with Crippen molar-refractivity contribution in [1.82, 2.24) is 9.38 Å². The molecule has 0 aliphatic heterocycles. The fourth-order valence-electron chi connectivity index (χ4n) is 2.28. The van der Waals surface area contributed by atoms with E-state index >= 15 is 0 Å². The molecule has 0 amide bonds. The van der Waals surface area contributed by atoms with E-state index in [1.165, 1.54) is 24.4 Å². The Morgan fingerprint density at radius 3 is 2.58 bits per heavy atom. The lowest BCUT2D eigenvalue weighted by Crippen LogP contribution is -2.19. The van der Waals surface area contributed by atoms with Crippen LogP contribution in [0.3, 0.4) is 0 Å². The molecule has 11 heteroatoms. The maximum Gasteiger partial charge on any atom is 0.396 e. The second-order valence-electron chi connectivity index (χ2n) is 5.18. The number of aryl methyl sites for hydroxylation is 1. The molecule has 1 aromatic carbocycles. The Morgan fingerprint density at radius 1 is 1.19 bits per heavy atom. The third-order valence-electron chi connectivity index (χ3n) is 3.51. The number of benzene rings is 1. The summed E-state index contributed by atoms with van der Waals surface area (Å²) in [4.78, 5) is 37.1. The van der Waals surface area contributed by atoms with Crippen LogP contribution in [0.2, 0.25) is 5.02 Å². The van der Waals surface area contributed by atoms with E-state index in [-0.39, 0.29) is 16.4 Å². The van der Waals surface area contributed by atoms with E-state index in [0.29, 0.717) is 5.56 Å². The molecule has 0 radical (unpaired) electrons. The molecule has 0 fully saturated rings. The monoisotopic (exact) mass is 376 g/mol. The van der Waals surface area contributed by atoms with Crippen LogP contribution in [0, 0.1) is 27.2 Å². The van der Waals surface area contributed by atoms with E-state index in [1.54, 1.807) is 13.0 Å². The average Bonchev–Trinajstić information content (AvgIpc) is 2.56. The molecular weight excluding hydrogens is 368 g/mol. The minimum Gasteiger partial charge on any atom is -0.433 e. The summed E-state index contributed by atoms with van der Waals surface area (Å²) in [6, 6.07) is 6.89. The molecule has 2 heterocycles. The molecule has 3 rings (SSSR count). The van der Waals surface area contributed by atoms with Gasteiger partial charge in [0.15, 0.2) is 0 Å². The Kier molecular flexibility index (Phi) is 4.26. The van der Waals surface area contributed by atoms with Gasteiger partial charge in [0, 0.05) is 6.20 Å². The molecule has 10 nitrogen and oxygen atoms in total. The van der Waals surface area contributed by atoms with Gasteiger partial charge in [0.05, 0.1) is 15.9 Å². The van der Waals surface area contributed by atoms with Gasteiger partial charge < -0.3 is 4.74 Å². The second-order valence-corrected chi connectivity index (χ2v) is 5.59. The van der Waals surface area contributed by atoms with Crippen LogP contribution in [-0.4, -0.2) is 19.2 Å². The van der Waals surface area contributed by atoms with Crippen molar-refractivity contribution in [1.29, 1.82) is 0 Å². The van der Waals surface area contributed by atoms with E-state index in [1.807, 2.05) is 0 Å². The van der Waals surface area contributed by atoms with Gasteiger partial charge in [-0.1, -0.05) is 17.7 Å². The van der Waals surface area contributed by atoms with Crippen molar-refractivity contribution in [3.05, 3.63) is 77.7 Å². The van der Waals surface area contributed by atoms with Crippen LogP contribution in [0.25, 0.3) is 5.65 Å². The summed E-state index contributed by atoms with van der Waals surface area (Å²) >= 11 is 5.81. The molecule has 0 aliphatic carbocycles. The van der Waals surface area contributed by atoms with Gasteiger partial charge in [-0.25, -0.2) is 0 Å². The molecule has 0 bridgehead atoms. The lowest BCUT2D eigenvalue weighted by atomic mass is 10.2. The second kappa shape index (κ2) is 6.41. The highest BCUT2D eigenvalue weighted by atomic mass is 35.5. The first-order chi connectivity index (χ1) is 12.3. The smallest absolute Gasteiger partial charge is 0.396 e. The standard InChI is InChI=1S/C15H9ClN4O6/c1-8-6-9(16)10(19(22)23)7-11(8)26-14-13(20(24)25)15(21)18-5-3-2-4-12(18)17-14/h2-7H,1H3. The first-order valence-corrected chi connectivity index (χ1v) is 7.45. The van der Waals surface area contributed by atoms with Gasteiger partial charge in [-0.2, -0.15) is 4.98 Å². The molecule has 0 spiro atoms. The molecule has 0 atom stereocenters. The van der Waals surface area contributed by atoms with Crippen molar-refractivity contribution in [3.8, 4) is 11.6 Å². The predicted molar refractivity (Wildman–Crippen MR) is 91.0 cm³/mol. The summed E-state index contributed by atoms with van der Waals surface area (Å²) in [6.45, 7) is 1.55. The lowest BCUT2D eigenvalue weighted by molar-refractivity contribution is -0.387. The number of hydrogen-bond acceptors (Lipinski definition) is 7. The average molecular weight is 377 g/mol. The normalized spacial score (nSPS) is 10.7. The van der Waals surface area contributed by atoms with Gasteiger partial charge >= 0.3 is 17.1 Å². The van der Waals surface area contributed by atoms with Crippen molar-refractivity contribution in [2.45, 2.75) is 6.92 Å². The summed E-state index contributed by atoms with van der Waals surface area (Å²) in [6.07, 6.45) is 1.33. The van der Waals surface area contributed by atoms with Crippen LogP contribution in [0.1, 0.15) is 5.56 Å². The van der Waals surface area contributed by atoms with Crippen molar-refractivity contribution >= 4 is 28.6 Å². The number of rotatable bonds is 4. The number of nitro benzene ring substituents is 1. The van der Waals surface area contributed by atoms with Crippen LogP contribution in [0.15, 0.2) is 41.3 Å². The number of nitro groups is 2. The van der Waals surface area contributed by atoms with Gasteiger partial charge in [0.25, 0.3) is 5.69 Å². The predicted octanol–water partition coefficient (Wildman–Crippen LogP) is 3.27. The number of nitrogens with zero attached hydrogens (tertiary/aromatic N) is 4. The molecular formula is C15H9ClN4O6. The summed E-state index contributed by atoms with van der Waals surface area (Å²) in [7, 11) is 0. The minimum atomic E-state index is -0.934. The number of hydrogen-bond donors (Lipinski definition) is 0. The van der Waals surface area contributed by atoms with Crippen LogP contribution >= 0.6 is 11.6 Å². The van der Waals surface area contributed by atoms with E-state index in [4.69, 9.17) is 16.3 Å². The van der Waals surface area contributed by atoms with E-state index in [2.05, 4.69) is 4.98 Å². The molecule has 0 saturated heterocycles. The molecule has 3 aromatic rings. The van der Waals surface area contributed by atoms with E-state index in [9.17, 15) is 25.0 Å². The summed E-state index contributed by atoms with van der Waals surface area (Å²) in [5.74, 6) is -0.637. The summed E-state index contributed by atoms with van der Waals surface area (Å²) in [5.41, 5.74) is -1.75. The molecule has 0 aliphatic rings. The molecule has 0 unspecified atom stereocenters. The first kappa shape index (κ1) is 17.3. The topological polar surface area (TPSA) is 130 Å². The Labute approximate surface area is 149 Å². The Hall–Kier alpha value is -3.53. The number of aromatic nitrogens is 2. The zero-order valence-corrected chi connectivity index (χ0v) is 13.8. The van der Waals surface area contributed by atoms with Crippen molar-refractivity contribution in [3.63, 3.8) is 0 Å². The lowest BCUT2D eigenvalue weighted by Gasteiger charge is -2.09. The number of pyridine rings is 1. The largest absolute Gasteiger partial charge is 0.433 e. The fraction of sp³-hybridized carbons (Fsp3) is 0.0667. The van der Waals surface area contributed by atoms with Crippen LogP contribution < -0.4 is 10.3 Å². The van der Waals surface area contributed by atoms with Crippen LogP contribution in [-0.2, 0) is 0 Å². The maximum atomic E-state index is 12.4. The number of ether oxygens (including phenoxy) is 1. The Bertz CT molecular complexity index is 1130. The molecule has 132 valence electrons. The van der Waals surface area contributed by atoms with Gasteiger partial charge in [0.1, 0.15) is 16.4 Å². The van der Waals surface area contributed by atoms with Crippen molar-refractivity contribution in [2.75, 3.05) is 0 Å². The van der Waals surface area contributed by atoms with Crippen LogP contribution in [0.4, 0.5) is 11.4 Å². The summed E-state index contributed by atoms with van der Waals surface area (Å²) in [5, 5.41) is 22.3. The third-order valence-corrected chi connectivity index (χ3v) is 3.81. The highest BCUT2D eigenvalue weighted by molar-refractivity contribution is 6.32. The molecule has 0 saturated carbocycles. The quantitative estimate of drug-likeness (QED) is 0.504. The van der Waals surface area contributed by atoms with Gasteiger partial charge in [-0.3, -0.25) is 29.4 Å². The summed E-state index contributed by atoms with van der Waals surface area (Å²) < 4.78 is 6.41.